The first-order valence-corrected chi connectivity index (χ1v) is 6.36. The molecule has 0 saturated carbocycles. The SMILES string of the molecule is COc1ccc(CN(C)CC(C)(C)CC(=O)O)cc1. The summed E-state index contributed by atoms with van der Waals surface area (Å²) in [6, 6.07) is 7.93. The minimum atomic E-state index is -0.747. The Bertz CT molecular complexity index is 412. The third kappa shape index (κ3) is 5.75. The molecule has 0 aliphatic carbocycles. The highest BCUT2D eigenvalue weighted by molar-refractivity contribution is 5.67. The molecule has 0 aliphatic rings. The van der Waals surface area contributed by atoms with Gasteiger partial charge >= 0.3 is 5.97 Å². The van der Waals surface area contributed by atoms with Gasteiger partial charge in [0.15, 0.2) is 0 Å². The molecule has 1 rings (SSSR count). The van der Waals surface area contributed by atoms with Gasteiger partial charge in [-0.1, -0.05) is 26.0 Å². The van der Waals surface area contributed by atoms with Crippen LogP contribution in [0.5, 0.6) is 5.75 Å². The van der Waals surface area contributed by atoms with Crippen LogP contribution in [0.15, 0.2) is 24.3 Å². The minimum Gasteiger partial charge on any atom is -0.497 e. The summed E-state index contributed by atoms with van der Waals surface area (Å²) in [5, 5.41) is 8.88. The lowest BCUT2D eigenvalue weighted by Gasteiger charge is -2.29. The number of carboxylic acid groups (broad SMARTS) is 1. The van der Waals surface area contributed by atoms with E-state index in [2.05, 4.69) is 4.90 Å². The van der Waals surface area contributed by atoms with E-state index in [0.29, 0.717) is 0 Å². The summed E-state index contributed by atoms with van der Waals surface area (Å²) in [5.41, 5.74) is 0.960. The zero-order chi connectivity index (χ0) is 14.5. The first-order valence-electron chi connectivity index (χ1n) is 6.36. The Hall–Kier alpha value is -1.55. The first-order chi connectivity index (χ1) is 8.82. The standard InChI is InChI=1S/C15H23NO3/c1-15(2,9-14(17)18)11-16(3)10-12-5-7-13(19-4)8-6-12/h5-8H,9-11H2,1-4H3,(H,17,18). The summed E-state index contributed by atoms with van der Waals surface area (Å²) >= 11 is 0. The Morgan fingerprint density at radius 1 is 1.32 bits per heavy atom. The maximum atomic E-state index is 10.8. The third-order valence-corrected chi connectivity index (χ3v) is 2.94. The summed E-state index contributed by atoms with van der Waals surface area (Å²) < 4.78 is 5.12. The van der Waals surface area contributed by atoms with Crippen molar-refractivity contribution >= 4 is 5.97 Å². The summed E-state index contributed by atoms with van der Waals surface area (Å²) in [6.45, 7) is 5.50. The number of ether oxygens (including phenoxy) is 1. The monoisotopic (exact) mass is 265 g/mol. The predicted octanol–water partition coefficient (Wildman–Crippen LogP) is 2.63. The molecule has 4 nitrogen and oxygen atoms in total. The molecule has 1 N–H and O–H groups in total. The van der Waals surface area contributed by atoms with Crippen molar-refractivity contribution in [2.75, 3.05) is 20.7 Å². The summed E-state index contributed by atoms with van der Waals surface area (Å²) in [5.74, 6) is 0.0976. The van der Waals surface area contributed by atoms with Crippen molar-refractivity contribution in [1.82, 2.24) is 4.90 Å². The van der Waals surface area contributed by atoms with Crippen molar-refractivity contribution < 1.29 is 14.6 Å². The van der Waals surface area contributed by atoms with Gasteiger partial charge in [-0.05, 0) is 30.2 Å². The van der Waals surface area contributed by atoms with Gasteiger partial charge in [-0.2, -0.15) is 0 Å². The summed E-state index contributed by atoms with van der Waals surface area (Å²) in [7, 11) is 3.66. The maximum absolute atomic E-state index is 10.8. The van der Waals surface area contributed by atoms with Crippen LogP contribution in [0.2, 0.25) is 0 Å². The maximum Gasteiger partial charge on any atom is 0.303 e. The average Bonchev–Trinajstić information content (AvgIpc) is 2.27. The molecule has 0 amide bonds. The van der Waals surface area contributed by atoms with Crippen LogP contribution in [0, 0.1) is 5.41 Å². The highest BCUT2D eigenvalue weighted by Crippen LogP contribution is 2.22. The van der Waals surface area contributed by atoms with Crippen LogP contribution in [-0.4, -0.2) is 36.7 Å². The Labute approximate surface area is 115 Å². The number of carboxylic acids is 1. The van der Waals surface area contributed by atoms with Crippen LogP contribution in [0.4, 0.5) is 0 Å². The van der Waals surface area contributed by atoms with Crippen molar-refractivity contribution in [2.24, 2.45) is 5.41 Å². The lowest BCUT2D eigenvalue weighted by Crippen LogP contribution is -2.32. The van der Waals surface area contributed by atoms with E-state index in [1.165, 1.54) is 5.56 Å². The zero-order valence-corrected chi connectivity index (χ0v) is 12.1. The molecule has 4 heteroatoms. The third-order valence-electron chi connectivity index (χ3n) is 2.94. The fourth-order valence-corrected chi connectivity index (χ4v) is 2.29. The van der Waals surface area contributed by atoms with E-state index in [0.717, 1.165) is 18.8 Å². The molecule has 0 aromatic heterocycles. The number of rotatable bonds is 7. The topological polar surface area (TPSA) is 49.8 Å². The molecule has 0 radical (unpaired) electrons. The minimum absolute atomic E-state index is 0.181. The van der Waals surface area contributed by atoms with Crippen LogP contribution in [0.1, 0.15) is 25.8 Å². The fraction of sp³-hybridized carbons (Fsp3) is 0.533. The second kappa shape index (κ2) is 6.57. The van der Waals surface area contributed by atoms with Crippen LogP contribution < -0.4 is 4.74 Å². The highest BCUT2D eigenvalue weighted by Gasteiger charge is 2.23. The van der Waals surface area contributed by atoms with Gasteiger partial charge in [-0.3, -0.25) is 4.79 Å². The Morgan fingerprint density at radius 3 is 2.37 bits per heavy atom. The van der Waals surface area contributed by atoms with Crippen LogP contribution in [0.25, 0.3) is 0 Å². The van der Waals surface area contributed by atoms with Crippen molar-refractivity contribution in [3.8, 4) is 5.75 Å². The number of carbonyl (C=O) groups is 1. The average molecular weight is 265 g/mol. The number of aliphatic carboxylic acids is 1. The van der Waals surface area contributed by atoms with Gasteiger partial charge in [0.2, 0.25) is 0 Å². The predicted molar refractivity (Wildman–Crippen MR) is 75.4 cm³/mol. The molecule has 19 heavy (non-hydrogen) atoms. The largest absolute Gasteiger partial charge is 0.497 e. The van der Waals surface area contributed by atoms with Gasteiger partial charge in [0, 0.05) is 13.1 Å². The lowest BCUT2D eigenvalue weighted by molar-refractivity contribution is -0.139. The number of hydrogen-bond acceptors (Lipinski definition) is 3. The number of nitrogens with zero attached hydrogens (tertiary/aromatic N) is 1. The second-order valence-corrected chi connectivity index (χ2v) is 5.76. The molecule has 0 fully saturated rings. The smallest absolute Gasteiger partial charge is 0.303 e. The molecule has 1 aromatic rings. The number of benzene rings is 1. The van der Waals surface area contributed by atoms with Crippen LogP contribution in [-0.2, 0) is 11.3 Å². The molecule has 0 bridgehead atoms. The molecule has 0 saturated heterocycles. The van der Waals surface area contributed by atoms with E-state index < -0.39 is 5.97 Å². The van der Waals surface area contributed by atoms with Gasteiger partial charge in [0.25, 0.3) is 0 Å². The van der Waals surface area contributed by atoms with E-state index in [4.69, 9.17) is 9.84 Å². The number of hydrogen-bond donors (Lipinski definition) is 1. The van der Waals surface area contributed by atoms with Gasteiger partial charge in [0.1, 0.15) is 5.75 Å². The molecule has 0 aliphatic heterocycles. The van der Waals surface area contributed by atoms with Crippen molar-refractivity contribution in [3.63, 3.8) is 0 Å². The molecule has 106 valence electrons. The van der Waals surface area contributed by atoms with E-state index in [9.17, 15) is 4.79 Å². The van der Waals surface area contributed by atoms with Crippen LogP contribution in [0.3, 0.4) is 0 Å². The summed E-state index contributed by atoms with van der Waals surface area (Å²) in [6.07, 6.45) is 0.181. The molecule has 1 aromatic carbocycles. The van der Waals surface area contributed by atoms with Crippen molar-refractivity contribution in [1.29, 1.82) is 0 Å². The molecule has 0 heterocycles. The van der Waals surface area contributed by atoms with Crippen LogP contribution >= 0.6 is 0 Å². The van der Waals surface area contributed by atoms with Crippen molar-refractivity contribution in [2.45, 2.75) is 26.8 Å². The van der Waals surface area contributed by atoms with E-state index in [1.54, 1.807) is 7.11 Å². The van der Waals surface area contributed by atoms with E-state index >= 15 is 0 Å². The van der Waals surface area contributed by atoms with Gasteiger partial charge in [0.05, 0.1) is 13.5 Å². The normalized spacial score (nSPS) is 11.6. The quantitative estimate of drug-likeness (QED) is 0.823. The Morgan fingerprint density at radius 2 is 1.89 bits per heavy atom. The van der Waals surface area contributed by atoms with Gasteiger partial charge in [-0.25, -0.2) is 0 Å². The number of methoxy groups -OCH3 is 1. The molecule has 0 atom stereocenters. The van der Waals surface area contributed by atoms with Crippen molar-refractivity contribution in [3.05, 3.63) is 29.8 Å². The fourth-order valence-electron chi connectivity index (χ4n) is 2.29. The highest BCUT2D eigenvalue weighted by atomic mass is 16.5. The first kappa shape index (κ1) is 15.5. The summed E-state index contributed by atoms with van der Waals surface area (Å²) in [4.78, 5) is 12.9. The molecular weight excluding hydrogens is 242 g/mol. The molecule has 0 unspecified atom stereocenters. The molecular formula is C15H23NO3. The lowest BCUT2D eigenvalue weighted by atomic mass is 9.89. The van der Waals surface area contributed by atoms with E-state index in [1.807, 2.05) is 45.2 Å². The van der Waals surface area contributed by atoms with Gasteiger partial charge in [-0.15, -0.1) is 0 Å². The zero-order valence-electron chi connectivity index (χ0n) is 12.1. The molecule has 0 spiro atoms. The second-order valence-electron chi connectivity index (χ2n) is 5.76. The Balaban J connectivity index is 2.54. The Kier molecular flexibility index (Phi) is 5.36. The van der Waals surface area contributed by atoms with E-state index in [-0.39, 0.29) is 11.8 Å². The van der Waals surface area contributed by atoms with Gasteiger partial charge < -0.3 is 14.7 Å².